The first-order valence-corrected chi connectivity index (χ1v) is 10.3. The number of anilines is 1. The molecule has 24 heavy (non-hydrogen) atoms. The first kappa shape index (κ1) is 17.4. The lowest BCUT2D eigenvalue weighted by molar-refractivity contribution is -0.120. The minimum Gasteiger partial charge on any atom is -0.300 e. The van der Waals surface area contributed by atoms with Gasteiger partial charge in [0.2, 0.25) is 11.0 Å². The third kappa shape index (κ3) is 4.57. The van der Waals surface area contributed by atoms with Gasteiger partial charge in [-0.3, -0.25) is 4.79 Å². The fourth-order valence-electron chi connectivity index (χ4n) is 2.99. The zero-order valence-electron chi connectivity index (χ0n) is 14.2. The number of carbonyl (C=O) groups excluding carboxylic acids is 1. The number of rotatable bonds is 5. The quantitative estimate of drug-likeness (QED) is 0.604. The molecule has 1 fully saturated rings. The molecule has 128 valence electrons. The minimum atomic E-state index is 0.108. The number of aromatic nitrogens is 2. The molecule has 1 heterocycles. The van der Waals surface area contributed by atoms with Gasteiger partial charge in [0.25, 0.3) is 0 Å². The second-order valence-electron chi connectivity index (χ2n) is 6.42. The summed E-state index contributed by atoms with van der Waals surface area (Å²) in [6.45, 7) is 4.24. The Balaban J connectivity index is 1.55. The van der Waals surface area contributed by atoms with E-state index in [9.17, 15) is 4.79 Å². The van der Waals surface area contributed by atoms with Gasteiger partial charge in [0.05, 0.1) is 0 Å². The van der Waals surface area contributed by atoms with Crippen LogP contribution < -0.4 is 5.32 Å². The van der Waals surface area contributed by atoms with Crippen molar-refractivity contribution < 1.29 is 4.79 Å². The van der Waals surface area contributed by atoms with Crippen LogP contribution in [0.1, 0.15) is 48.8 Å². The average Bonchev–Trinajstić information content (AvgIpc) is 3.04. The van der Waals surface area contributed by atoms with Gasteiger partial charge in [-0.05, 0) is 37.8 Å². The Morgan fingerprint density at radius 1 is 1.25 bits per heavy atom. The summed E-state index contributed by atoms with van der Waals surface area (Å²) in [6, 6.07) is 6.50. The molecule has 1 aliphatic rings. The van der Waals surface area contributed by atoms with Gasteiger partial charge in [-0.1, -0.05) is 66.1 Å². The van der Waals surface area contributed by atoms with Gasteiger partial charge < -0.3 is 5.32 Å². The van der Waals surface area contributed by atoms with Crippen molar-refractivity contribution >= 4 is 34.1 Å². The molecule has 1 saturated carbocycles. The summed E-state index contributed by atoms with van der Waals surface area (Å²) in [4.78, 5) is 12.3. The molecule has 0 aliphatic heterocycles. The molecule has 1 N–H and O–H groups in total. The number of aryl methyl sites for hydroxylation is 2. The first-order valence-electron chi connectivity index (χ1n) is 8.45. The zero-order chi connectivity index (χ0) is 16.9. The molecule has 4 nitrogen and oxygen atoms in total. The van der Waals surface area contributed by atoms with Crippen molar-refractivity contribution in [3.05, 3.63) is 34.9 Å². The molecular weight excluding hydrogens is 338 g/mol. The van der Waals surface area contributed by atoms with Gasteiger partial charge in [0.1, 0.15) is 0 Å². The van der Waals surface area contributed by atoms with E-state index < -0.39 is 0 Å². The van der Waals surface area contributed by atoms with Crippen LogP contribution in [0.5, 0.6) is 0 Å². The van der Waals surface area contributed by atoms with Gasteiger partial charge in [-0.15, -0.1) is 10.2 Å². The van der Waals surface area contributed by atoms with Crippen LogP contribution in [0.3, 0.4) is 0 Å². The number of benzene rings is 1. The summed E-state index contributed by atoms with van der Waals surface area (Å²) in [7, 11) is 0. The van der Waals surface area contributed by atoms with Gasteiger partial charge in [-0.2, -0.15) is 0 Å². The van der Waals surface area contributed by atoms with E-state index in [0.717, 1.165) is 35.8 Å². The molecule has 3 rings (SSSR count). The maximum absolute atomic E-state index is 12.3. The number of nitrogens with zero attached hydrogens (tertiary/aromatic N) is 2. The molecule has 1 aromatic carbocycles. The number of nitrogens with one attached hydrogen (secondary N) is 1. The molecule has 0 radical (unpaired) electrons. The minimum absolute atomic E-state index is 0.108. The van der Waals surface area contributed by atoms with Crippen molar-refractivity contribution in [3.8, 4) is 0 Å². The van der Waals surface area contributed by atoms with Crippen LogP contribution in [0.15, 0.2) is 22.5 Å². The smallest absolute Gasteiger partial charge is 0.229 e. The molecule has 1 aromatic heterocycles. The topological polar surface area (TPSA) is 54.9 Å². The van der Waals surface area contributed by atoms with Gasteiger partial charge in [0, 0.05) is 11.7 Å². The third-order valence-electron chi connectivity index (χ3n) is 4.47. The van der Waals surface area contributed by atoms with E-state index in [1.54, 1.807) is 11.8 Å². The van der Waals surface area contributed by atoms with Crippen LogP contribution in [0.2, 0.25) is 0 Å². The lowest BCUT2D eigenvalue weighted by Crippen LogP contribution is -2.24. The molecule has 0 saturated heterocycles. The van der Waals surface area contributed by atoms with E-state index >= 15 is 0 Å². The van der Waals surface area contributed by atoms with Gasteiger partial charge in [-0.25, -0.2) is 0 Å². The highest BCUT2D eigenvalue weighted by molar-refractivity contribution is 8.00. The number of hydrogen-bond acceptors (Lipinski definition) is 5. The summed E-state index contributed by atoms with van der Waals surface area (Å²) in [5, 5.41) is 11.9. The fraction of sp³-hybridized carbons (Fsp3) is 0.500. The van der Waals surface area contributed by atoms with Crippen LogP contribution in [-0.4, -0.2) is 16.1 Å². The molecule has 1 aliphatic carbocycles. The highest BCUT2D eigenvalue weighted by Gasteiger charge is 2.22. The standard InChI is InChI=1S/C18H23N3OS2/c1-12-8-9-13(2)15(10-12)11-23-18-21-20-17(24-18)19-16(22)14-6-4-3-5-7-14/h8-10,14H,3-7,11H2,1-2H3,(H,19,20,22). The Bertz CT molecular complexity index is 708. The second-order valence-corrected chi connectivity index (χ2v) is 8.62. The molecule has 0 spiro atoms. The van der Waals surface area contributed by atoms with E-state index in [0.29, 0.717) is 5.13 Å². The van der Waals surface area contributed by atoms with Crippen molar-refractivity contribution in [3.63, 3.8) is 0 Å². The molecule has 0 atom stereocenters. The largest absolute Gasteiger partial charge is 0.300 e. The van der Waals surface area contributed by atoms with Crippen LogP contribution in [0, 0.1) is 19.8 Å². The Morgan fingerprint density at radius 3 is 2.83 bits per heavy atom. The van der Waals surface area contributed by atoms with Crippen LogP contribution in [0.25, 0.3) is 0 Å². The average molecular weight is 362 g/mol. The zero-order valence-corrected chi connectivity index (χ0v) is 15.8. The highest BCUT2D eigenvalue weighted by Crippen LogP contribution is 2.30. The fourth-order valence-corrected chi connectivity index (χ4v) is 4.80. The Kier molecular flexibility index (Phi) is 5.89. The maximum atomic E-state index is 12.3. The molecule has 0 unspecified atom stereocenters. The summed E-state index contributed by atoms with van der Waals surface area (Å²) < 4.78 is 0.898. The molecule has 6 heteroatoms. The van der Waals surface area contributed by atoms with E-state index in [-0.39, 0.29) is 11.8 Å². The van der Waals surface area contributed by atoms with Gasteiger partial charge in [0.15, 0.2) is 4.34 Å². The predicted octanol–water partition coefficient (Wildman–Crippen LogP) is 4.97. The molecular formula is C18H23N3OS2. The van der Waals surface area contributed by atoms with E-state index in [1.165, 1.54) is 34.4 Å². The first-order chi connectivity index (χ1) is 11.6. The third-order valence-corrected chi connectivity index (χ3v) is 6.49. The summed E-state index contributed by atoms with van der Waals surface area (Å²) in [5.41, 5.74) is 3.89. The predicted molar refractivity (Wildman–Crippen MR) is 101 cm³/mol. The lowest BCUT2D eigenvalue weighted by atomic mass is 9.89. The molecule has 1 amide bonds. The lowest BCUT2D eigenvalue weighted by Gasteiger charge is -2.19. The van der Waals surface area contributed by atoms with Crippen molar-refractivity contribution in [2.24, 2.45) is 5.92 Å². The van der Waals surface area contributed by atoms with Crippen molar-refractivity contribution in [2.75, 3.05) is 5.32 Å². The molecule has 2 aromatic rings. The SMILES string of the molecule is Cc1ccc(C)c(CSc2nnc(NC(=O)C3CCCCC3)s2)c1. The summed E-state index contributed by atoms with van der Waals surface area (Å²) in [5.74, 6) is 1.13. The van der Waals surface area contributed by atoms with Crippen LogP contribution in [-0.2, 0) is 10.5 Å². The van der Waals surface area contributed by atoms with Gasteiger partial charge >= 0.3 is 0 Å². The Hall–Kier alpha value is -1.40. The van der Waals surface area contributed by atoms with Crippen molar-refractivity contribution in [1.29, 1.82) is 0 Å². The number of carbonyl (C=O) groups is 1. The van der Waals surface area contributed by atoms with Crippen molar-refractivity contribution in [1.82, 2.24) is 10.2 Å². The monoisotopic (exact) mass is 361 g/mol. The van der Waals surface area contributed by atoms with Crippen LogP contribution >= 0.6 is 23.1 Å². The van der Waals surface area contributed by atoms with Crippen LogP contribution in [0.4, 0.5) is 5.13 Å². The normalized spacial score (nSPS) is 15.4. The second kappa shape index (κ2) is 8.12. The summed E-state index contributed by atoms with van der Waals surface area (Å²) in [6.07, 6.45) is 5.57. The number of thioether (sulfide) groups is 1. The Morgan fingerprint density at radius 2 is 2.04 bits per heavy atom. The van der Waals surface area contributed by atoms with E-state index in [2.05, 4.69) is 47.6 Å². The maximum Gasteiger partial charge on any atom is 0.229 e. The Labute approximate surface area is 151 Å². The van der Waals surface area contributed by atoms with E-state index in [1.807, 2.05) is 0 Å². The number of amides is 1. The highest BCUT2D eigenvalue weighted by atomic mass is 32.2. The van der Waals surface area contributed by atoms with E-state index in [4.69, 9.17) is 0 Å². The van der Waals surface area contributed by atoms with Crippen molar-refractivity contribution in [2.45, 2.75) is 56.0 Å². The summed E-state index contributed by atoms with van der Waals surface area (Å²) >= 11 is 3.14. The molecule has 0 bridgehead atoms. The number of hydrogen-bond donors (Lipinski definition) is 1.